The van der Waals surface area contributed by atoms with E-state index in [0.29, 0.717) is 0 Å². The molecule has 0 atom stereocenters. The van der Waals surface area contributed by atoms with Gasteiger partial charge in [0.25, 0.3) is 0 Å². The molecule has 66 valence electrons. The molecule has 0 rings (SSSR count). The summed E-state index contributed by atoms with van der Waals surface area (Å²) in [4.78, 5) is 2.77. The summed E-state index contributed by atoms with van der Waals surface area (Å²) >= 11 is 0. The fourth-order valence-electron chi connectivity index (χ4n) is 0.434. The number of nitrogens with zero attached hydrogens (tertiary/aromatic N) is 2. The molecule has 0 saturated heterocycles. The standard InChI is InChI=1S/C8H12N2O2/c1-6(2)4-5-12-8(11)7(3)10-9/h4H,5H2,1-3H3/p+1/b8-7-. The largest absolute Gasteiger partial charge is 0.475 e. The second-order valence-corrected chi connectivity index (χ2v) is 2.58. The lowest BCUT2D eigenvalue weighted by atomic mass is 10.3. The molecule has 0 radical (unpaired) electrons. The van der Waals surface area contributed by atoms with E-state index in [2.05, 4.69) is 4.98 Å². The Morgan fingerprint density at radius 1 is 1.50 bits per heavy atom. The number of hydrogen-bond acceptors (Lipinski definition) is 3. The van der Waals surface area contributed by atoms with Crippen molar-refractivity contribution in [3.63, 3.8) is 0 Å². The minimum atomic E-state index is -0.352. The summed E-state index contributed by atoms with van der Waals surface area (Å²) in [5.41, 5.74) is 1.17. The zero-order valence-electron chi connectivity index (χ0n) is 7.53. The fraction of sp³-hybridized carbons (Fsp3) is 0.500. The molecule has 0 spiro atoms. The van der Waals surface area contributed by atoms with Crippen molar-refractivity contribution in [3.05, 3.63) is 28.3 Å². The van der Waals surface area contributed by atoms with E-state index in [1.54, 1.807) is 6.08 Å². The van der Waals surface area contributed by atoms with Crippen LogP contribution in [-0.4, -0.2) is 11.7 Å². The SMILES string of the molecule is CC(C)=CCO/C(O)=C(/C)[N+]#N. The quantitative estimate of drug-likeness (QED) is 0.401. The number of aliphatic hydroxyl groups excluding tert-OH is 1. The Bertz CT molecular complexity index is 244. The van der Waals surface area contributed by atoms with Crippen LogP contribution in [0, 0.1) is 5.39 Å². The Hall–Kier alpha value is -1.50. The highest BCUT2D eigenvalue weighted by molar-refractivity contribution is 5.05. The van der Waals surface area contributed by atoms with Gasteiger partial charge in [0.15, 0.2) is 4.98 Å². The lowest BCUT2D eigenvalue weighted by molar-refractivity contribution is 0.108. The van der Waals surface area contributed by atoms with Gasteiger partial charge in [0.1, 0.15) is 6.61 Å². The number of allylic oxidation sites excluding steroid dienone is 2. The summed E-state index contributed by atoms with van der Waals surface area (Å²) in [6.45, 7) is 5.57. The molecule has 0 aromatic rings. The summed E-state index contributed by atoms with van der Waals surface area (Å²) in [6, 6.07) is 0. The van der Waals surface area contributed by atoms with Crippen LogP contribution in [0.25, 0.3) is 4.98 Å². The molecule has 0 saturated carbocycles. The van der Waals surface area contributed by atoms with E-state index in [4.69, 9.17) is 15.2 Å². The molecule has 0 bridgehead atoms. The third-order valence-electron chi connectivity index (χ3n) is 1.17. The number of aliphatic hydroxyl groups is 1. The highest BCUT2D eigenvalue weighted by Crippen LogP contribution is 2.03. The topological polar surface area (TPSA) is 57.6 Å². The van der Waals surface area contributed by atoms with Crippen molar-refractivity contribution in [2.75, 3.05) is 6.61 Å². The molecule has 4 heteroatoms. The van der Waals surface area contributed by atoms with Crippen LogP contribution in [0.4, 0.5) is 0 Å². The molecule has 0 aromatic heterocycles. The van der Waals surface area contributed by atoms with Crippen LogP contribution in [0.5, 0.6) is 0 Å². The van der Waals surface area contributed by atoms with Gasteiger partial charge in [-0.3, -0.25) is 0 Å². The van der Waals surface area contributed by atoms with E-state index in [-0.39, 0.29) is 18.2 Å². The van der Waals surface area contributed by atoms with Gasteiger partial charge < -0.3 is 9.84 Å². The van der Waals surface area contributed by atoms with Crippen molar-refractivity contribution in [2.45, 2.75) is 20.8 Å². The Balaban J connectivity index is 3.97. The second-order valence-electron chi connectivity index (χ2n) is 2.58. The van der Waals surface area contributed by atoms with E-state index in [1.807, 2.05) is 13.8 Å². The van der Waals surface area contributed by atoms with Crippen molar-refractivity contribution < 1.29 is 9.84 Å². The molecule has 4 nitrogen and oxygen atoms in total. The predicted molar refractivity (Wildman–Crippen MR) is 45.8 cm³/mol. The van der Waals surface area contributed by atoms with Crippen LogP contribution in [-0.2, 0) is 4.74 Å². The van der Waals surface area contributed by atoms with Crippen LogP contribution in [0.1, 0.15) is 20.8 Å². The third kappa shape index (κ3) is 4.34. The zero-order valence-corrected chi connectivity index (χ0v) is 7.53. The maximum absolute atomic E-state index is 9.00. The van der Waals surface area contributed by atoms with E-state index in [1.165, 1.54) is 6.92 Å². The lowest BCUT2D eigenvalue weighted by Crippen LogP contribution is -1.93. The predicted octanol–water partition coefficient (Wildman–Crippen LogP) is 2.57. The van der Waals surface area contributed by atoms with Gasteiger partial charge in [-0.25, -0.2) is 0 Å². The number of ether oxygens (including phenoxy) is 1. The Kier molecular flexibility index (Phi) is 4.54. The monoisotopic (exact) mass is 169 g/mol. The Morgan fingerprint density at radius 2 is 2.08 bits per heavy atom. The van der Waals surface area contributed by atoms with E-state index in [0.717, 1.165) is 5.57 Å². The van der Waals surface area contributed by atoms with Gasteiger partial charge in [-0.15, -0.1) is 0 Å². The molecule has 1 N–H and O–H groups in total. The zero-order chi connectivity index (χ0) is 9.56. The average molecular weight is 169 g/mol. The van der Waals surface area contributed by atoms with Gasteiger partial charge in [0.05, 0.1) is 6.92 Å². The molecule has 12 heavy (non-hydrogen) atoms. The van der Waals surface area contributed by atoms with Crippen molar-refractivity contribution in [1.29, 1.82) is 5.39 Å². The van der Waals surface area contributed by atoms with Gasteiger partial charge in [-0.05, 0) is 19.9 Å². The van der Waals surface area contributed by atoms with Crippen molar-refractivity contribution >= 4 is 0 Å². The van der Waals surface area contributed by atoms with Crippen LogP contribution in [0.15, 0.2) is 23.3 Å². The summed E-state index contributed by atoms with van der Waals surface area (Å²) < 4.78 is 4.81. The minimum absolute atomic E-state index is 0.0668. The summed E-state index contributed by atoms with van der Waals surface area (Å²) in [5.74, 6) is -0.352. The van der Waals surface area contributed by atoms with Gasteiger partial charge in [0, 0.05) is 0 Å². The van der Waals surface area contributed by atoms with E-state index < -0.39 is 0 Å². The first-order valence-corrected chi connectivity index (χ1v) is 3.59. The summed E-state index contributed by atoms with van der Waals surface area (Å²) in [5, 5.41) is 17.2. The maximum Gasteiger partial charge on any atom is 0.437 e. The molecule has 0 aliphatic heterocycles. The molecule has 0 amide bonds. The number of hydrogen-bond donors (Lipinski definition) is 1. The van der Waals surface area contributed by atoms with Crippen LogP contribution < -0.4 is 0 Å². The van der Waals surface area contributed by atoms with E-state index >= 15 is 0 Å². The molecule has 0 aliphatic rings. The van der Waals surface area contributed by atoms with Gasteiger partial charge in [-0.2, -0.15) is 0 Å². The first-order chi connectivity index (χ1) is 5.57. The maximum atomic E-state index is 9.00. The van der Waals surface area contributed by atoms with E-state index in [9.17, 15) is 0 Å². The van der Waals surface area contributed by atoms with Gasteiger partial charge in [0.2, 0.25) is 5.39 Å². The number of rotatable bonds is 3. The highest BCUT2D eigenvalue weighted by atomic mass is 16.6. The van der Waals surface area contributed by atoms with Crippen LogP contribution in [0.2, 0.25) is 0 Å². The molecular weight excluding hydrogens is 156 g/mol. The number of diazo groups is 1. The van der Waals surface area contributed by atoms with Crippen LogP contribution in [0.3, 0.4) is 0 Å². The van der Waals surface area contributed by atoms with Crippen molar-refractivity contribution in [3.8, 4) is 0 Å². The van der Waals surface area contributed by atoms with Gasteiger partial charge in [-0.1, -0.05) is 5.57 Å². The summed E-state index contributed by atoms with van der Waals surface area (Å²) in [6.07, 6.45) is 1.81. The Labute approximate surface area is 71.8 Å². The van der Waals surface area contributed by atoms with Gasteiger partial charge >= 0.3 is 11.6 Å². The third-order valence-corrected chi connectivity index (χ3v) is 1.17. The minimum Gasteiger partial charge on any atom is -0.475 e. The smallest absolute Gasteiger partial charge is 0.437 e. The molecule has 0 aromatic carbocycles. The molecular formula is C8H13N2O2+. The van der Waals surface area contributed by atoms with Crippen molar-refractivity contribution in [2.24, 2.45) is 0 Å². The molecule has 0 heterocycles. The molecule has 0 unspecified atom stereocenters. The van der Waals surface area contributed by atoms with Crippen molar-refractivity contribution in [1.82, 2.24) is 0 Å². The second kappa shape index (κ2) is 5.19. The summed E-state index contributed by atoms with van der Waals surface area (Å²) in [7, 11) is 0. The first-order valence-electron chi connectivity index (χ1n) is 3.59. The average Bonchev–Trinajstić information content (AvgIpc) is 2.02. The Morgan fingerprint density at radius 3 is 2.50 bits per heavy atom. The van der Waals surface area contributed by atoms with Crippen LogP contribution >= 0.6 is 0 Å². The first kappa shape index (κ1) is 10.5. The highest BCUT2D eigenvalue weighted by Gasteiger charge is 2.11. The fourth-order valence-corrected chi connectivity index (χ4v) is 0.434. The normalized spacial score (nSPS) is 11.2. The molecule has 0 fully saturated rings. The lowest BCUT2D eigenvalue weighted by Gasteiger charge is -1.97. The molecule has 0 aliphatic carbocycles.